The first kappa shape index (κ1) is 17.9. The fraction of sp³-hybridized carbons (Fsp3) is 0.500. The number of esters is 1. The smallest absolute Gasteiger partial charge is 0.416 e. The van der Waals surface area contributed by atoms with Gasteiger partial charge in [0.05, 0.1) is 5.56 Å². The number of benzene rings is 1. The lowest BCUT2D eigenvalue weighted by molar-refractivity contribution is -0.223. The van der Waals surface area contributed by atoms with E-state index in [-0.39, 0.29) is 12.4 Å². The summed E-state index contributed by atoms with van der Waals surface area (Å²) in [5.41, 5.74) is -1.16. The molecule has 1 N–H and O–H groups in total. The fourth-order valence-electron chi connectivity index (χ4n) is 3.56. The summed E-state index contributed by atoms with van der Waals surface area (Å²) in [4.78, 5) is 25.4. The molecule has 1 spiro atoms. The van der Waals surface area contributed by atoms with Crippen LogP contribution in [0, 0.1) is 5.41 Å². The van der Waals surface area contributed by atoms with E-state index in [0.717, 1.165) is 4.90 Å². The first-order chi connectivity index (χ1) is 12.7. The van der Waals surface area contributed by atoms with Gasteiger partial charge in [-0.2, -0.15) is 0 Å². The molecule has 3 fully saturated rings. The summed E-state index contributed by atoms with van der Waals surface area (Å²) < 4.78 is 28.3. The van der Waals surface area contributed by atoms with E-state index in [9.17, 15) is 9.59 Å². The molecule has 9 nitrogen and oxygen atoms in total. The van der Waals surface area contributed by atoms with Crippen LogP contribution in [0.15, 0.2) is 30.3 Å². The Hall–Kier alpha value is -2.49. The number of carbonyl (C=O) groups is 2. The van der Waals surface area contributed by atoms with Crippen molar-refractivity contribution in [3.63, 3.8) is 0 Å². The standard InChI is InChI=1S/C18H20N2O7/c1-17(2)25-12-14(26-17)24-11(18(12)15(19)20(3)16(22)27-18)9-23-13(21)10-7-5-4-6-8-10/h4-8,11-12,14,19H,9H2,1-3H3/t11-,12+,14-,18-/m1/s1. The Bertz CT molecular complexity index is 796. The quantitative estimate of drug-likeness (QED) is 0.797. The van der Waals surface area contributed by atoms with Gasteiger partial charge >= 0.3 is 12.1 Å². The molecule has 1 aromatic carbocycles. The van der Waals surface area contributed by atoms with E-state index in [4.69, 9.17) is 29.1 Å². The Morgan fingerprint density at radius 3 is 2.59 bits per heavy atom. The van der Waals surface area contributed by atoms with Gasteiger partial charge in [-0.3, -0.25) is 10.3 Å². The summed E-state index contributed by atoms with van der Waals surface area (Å²) in [6.07, 6.45) is -3.32. The maximum atomic E-state index is 12.3. The van der Waals surface area contributed by atoms with Crippen LogP contribution < -0.4 is 0 Å². The molecular weight excluding hydrogens is 356 g/mol. The molecule has 0 saturated carbocycles. The number of nitrogens with one attached hydrogen (secondary N) is 1. The summed E-state index contributed by atoms with van der Waals surface area (Å²) in [6.45, 7) is 3.19. The summed E-state index contributed by atoms with van der Waals surface area (Å²) in [7, 11) is 1.43. The molecule has 1 aromatic rings. The van der Waals surface area contributed by atoms with Gasteiger partial charge in [0, 0.05) is 7.05 Å². The van der Waals surface area contributed by atoms with Gasteiger partial charge in [0.2, 0.25) is 5.60 Å². The number of rotatable bonds is 3. The van der Waals surface area contributed by atoms with Gasteiger partial charge in [0.1, 0.15) is 12.7 Å². The molecule has 3 saturated heterocycles. The predicted molar refractivity (Wildman–Crippen MR) is 90.1 cm³/mol. The Morgan fingerprint density at radius 2 is 1.96 bits per heavy atom. The number of likely N-dealkylation sites (N-methyl/N-ethyl adjacent to an activating group) is 1. The van der Waals surface area contributed by atoms with Crippen molar-refractivity contribution in [1.82, 2.24) is 4.90 Å². The van der Waals surface area contributed by atoms with Crippen LogP contribution in [-0.4, -0.2) is 66.3 Å². The summed E-state index contributed by atoms with van der Waals surface area (Å²) >= 11 is 0. The van der Waals surface area contributed by atoms with Crippen molar-refractivity contribution in [2.75, 3.05) is 13.7 Å². The molecule has 4 rings (SSSR count). The maximum Gasteiger partial charge on any atom is 0.416 e. The molecule has 144 valence electrons. The van der Waals surface area contributed by atoms with Crippen molar-refractivity contribution in [3.8, 4) is 0 Å². The van der Waals surface area contributed by atoms with Gasteiger partial charge in [-0.1, -0.05) is 18.2 Å². The van der Waals surface area contributed by atoms with Crippen molar-refractivity contribution < 1.29 is 33.3 Å². The lowest BCUT2D eigenvalue weighted by Crippen LogP contribution is -2.56. The Kier molecular flexibility index (Phi) is 3.99. The van der Waals surface area contributed by atoms with Crippen molar-refractivity contribution in [3.05, 3.63) is 35.9 Å². The molecule has 0 aliphatic carbocycles. The number of fused-ring (bicyclic) bond motifs is 2. The lowest BCUT2D eigenvalue weighted by atomic mass is 9.91. The van der Waals surface area contributed by atoms with Crippen LogP contribution in [-0.2, 0) is 23.7 Å². The molecule has 9 heteroatoms. The third-order valence-electron chi connectivity index (χ3n) is 4.87. The predicted octanol–water partition coefficient (Wildman–Crippen LogP) is 1.52. The average Bonchev–Trinajstić information content (AvgIpc) is 3.17. The molecule has 0 aromatic heterocycles. The molecule has 3 heterocycles. The molecular formula is C18H20N2O7. The zero-order valence-electron chi connectivity index (χ0n) is 15.1. The van der Waals surface area contributed by atoms with Crippen molar-refractivity contribution in [2.45, 2.75) is 43.7 Å². The normalized spacial score (nSPS) is 34.0. The molecule has 1 amide bonds. The number of amides is 1. The van der Waals surface area contributed by atoms with Crippen LogP contribution in [0.2, 0.25) is 0 Å². The average molecular weight is 376 g/mol. The van der Waals surface area contributed by atoms with Crippen molar-refractivity contribution in [2.24, 2.45) is 0 Å². The van der Waals surface area contributed by atoms with Crippen molar-refractivity contribution in [1.29, 1.82) is 5.41 Å². The van der Waals surface area contributed by atoms with Crippen LogP contribution in [0.4, 0.5) is 4.79 Å². The van der Waals surface area contributed by atoms with Crippen molar-refractivity contribution >= 4 is 17.9 Å². The highest BCUT2D eigenvalue weighted by Gasteiger charge is 2.72. The minimum atomic E-state index is -1.54. The van der Waals surface area contributed by atoms with E-state index in [2.05, 4.69) is 0 Å². The summed E-state index contributed by atoms with van der Waals surface area (Å²) in [6, 6.07) is 8.49. The maximum absolute atomic E-state index is 12.3. The van der Waals surface area contributed by atoms with Crippen LogP contribution in [0.25, 0.3) is 0 Å². The van der Waals surface area contributed by atoms with Crippen LogP contribution in [0.3, 0.4) is 0 Å². The molecule has 0 radical (unpaired) electrons. The van der Waals surface area contributed by atoms with Gasteiger partial charge < -0.3 is 23.7 Å². The van der Waals surface area contributed by atoms with Crippen LogP contribution in [0.1, 0.15) is 24.2 Å². The Labute approximate surface area is 155 Å². The zero-order valence-corrected chi connectivity index (χ0v) is 15.1. The van der Waals surface area contributed by atoms with E-state index < -0.39 is 41.9 Å². The van der Waals surface area contributed by atoms with E-state index >= 15 is 0 Å². The van der Waals surface area contributed by atoms with Gasteiger partial charge in [0.25, 0.3) is 0 Å². The second kappa shape index (κ2) is 6.01. The molecule has 4 atom stereocenters. The Balaban J connectivity index is 1.58. The molecule has 3 aliphatic heterocycles. The monoisotopic (exact) mass is 376 g/mol. The summed E-state index contributed by atoms with van der Waals surface area (Å²) in [5.74, 6) is -1.62. The fourth-order valence-corrected chi connectivity index (χ4v) is 3.56. The highest BCUT2D eigenvalue weighted by molar-refractivity contribution is 6.05. The SMILES string of the molecule is CN1C(=N)[C@@]2(OC1=O)[C@@H](COC(=O)c1ccccc1)O[C@@H]1OC(C)(C)O[C@@H]12. The van der Waals surface area contributed by atoms with E-state index in [1.807, 2.05) is 0 Å². The van der Waals surface area contributed by atoms with E-state index in [1.165, 1.54) is 7.05 Å². The number of hydrogen-bond donors (Lipinski definition) is 1. The van der Waals surface area contributed by atoms with Gasteiger partial charge in [-0.25, -0.2) is 9.59 Å². The topological polar surface area (TPSA) is 107 Å². The van der Waals surface area contributed by atoms with Gasteiger partial charge in [-0.05, 0) is 26.0 Å². The van der Waals surface area contributed by atoms with Gasteiger partial charge in [0.15, 0.2) is 24.0 Å². The summed E-state index contributed by atoms with van der Waals surface area (Å²) in [5, 5.41) is 8.42. The van der Waals surface area contributed by atoms with Crippen LogP contribution >= 0.6 is 0 Å². The second-order valence-electron chi connectivity index (χ2n) is 7.08. The van der Waals surface area contributed by atoms with Crippen LogP contribution in [0.5, 0.6) is 0 Å². The lowest BCUT2D eigenvalue weighted by Gasteiger charge is -2.32. The molecule has 27 heavy (non-hydrogen) atoms. The number of nitrogens with zero attached hydrogens (tertiary/aromatic N) is 1. The first-order valence-corrected chi connectivity index (χ1v) is 8.53. The molecule has 0 bridgehead atoms. The molecule has 0 unspecified atom stereocenters. The highest BCUT2D eigenvalue weighted by Crippen LogP contribution is 2.48. The minimum Gasteiger partial charge on any atom is -0.459 e. The highest BCUT2D eigenvalue weighted by atomic mass is 16.8. The second-order valence-corrected chi connectivity index (χ2v) is 7.08. The first-order valence-electron chi connectivity index (χ1n) is 8.53. The number of ether oxygens (including phenoxy) is 5. The largest absolute Gasteiger partial charge is 0.459 e. The van der Waals surface area contributed by atoms with E-state index in [0.29, 0.717) is 5.56 Å². The number of amidine groups is 1. The third-order valence-corrected chi connectivity index (χ3v) is 4.87. The van der Waals surface area contributed by atoms with Gasteiger partial charge in [-0.15, -0.1) is 0 Å². The number of carbonyl (C=O) groups excluding carboxylic acids is 2. The number of hydrogen-bond acceptors (Lipinski definition) is 8. The Morgan fingerprint density at radius 1 is 1.26 bits per heavy atom. The zero-order chi connectivity index (χ0) is 19.4. The minimum absolute atomic E-state index is 0.123. The molecule has 3 aliphatic rings. The third kappa shape index (κ3) is 2.70. The van der Waals surface area contributed by atoms with E-state index in [1.54, 1.807) is 44.2 Å².